The predicted octanol–water partition coefficient (Wildman–Crippen LogP) is 3.31. The summed E-state index contributed by atoms with van der Waals surface area (Å²) in [6.07, 6.45) is 1.05. The van der Waals surface area contributed by atoms with E-state index < -0.39 is 16.1 Å². The van der Waals surface area contributed by atoms with E-state index in [0.717, 1.165) is 10.6 Å². The van der Waals surface area contributed by atoms with Crippen LogP contribution in [0.1, 0.15) is 27.7 Å². The van der Waals surface area contributed by atoms with Gasteiger partial charge in [-0.1, -0.05) is 37.0 Å². The van der Waals surface area contributed by atoms with Crippen molar-refractivity contribution in [3.8, 4) is 0 Å². The fourth-order valence-electron chi connectivity index (χ4n) is 1.94. The van der Waals surface area contributed by atoms with Crippen LogP contribution in [0.3, 0.4) is 0 Å². The SMILES string of the molecule is CC(C)[C@@H](C)NC(=O)[C@H](C)N(c1ccc(Cl)c(Cl)c1)S(C)(=O)=O. The molecule has 1 aromatic rings. The molecule has 0 aromatic heterocycles. The average Bonchev–Trinajstić information content (AvgIpc) is 2.41. The Hall–Kier alpha value is -0.980. The van der Waals surface area contributed by atoms with Gasteiger partial charge in [0, 0.05) is 6.04 Å². The molecule has 0 aliphatic heterocycles. The molecule has 2 atom stereocenters. The third-order valence-corrected chi connectivity index (χ3v) is 5.60. The highest BCUT2D eigenvalue weighted by Crippen LogP contribution is 2.29. The summed E-state index contributed by atoms with van der Waals surface area (Å²) >= 11 is 11.8. The lowest BCUT2D eigenvalue weighted by molar-refractivity contribution is -0.122. The first kappa shape index (κ1) is 20.1. The van der Waals surface area contributed by atoms with Gasteiger partial charge in [0.2, 0.25) is 15.9 Å². The Morgan fingerprint density at radius 3 is 2.13 bits per heavy atom. The molecule has 0 radical (unpaired) electrons. The summed E-state index contributed by atoms with van der Waals surface area (Å²) in [7, 11) is -3.68. The van der Waals surface area contributed by atoms with E-state index >= 15 is 0 Å². The summed E-state index contributed by atoms with van der Waals surface area (Å²) in [5.74, 6) is -0.134. The molecular formula is C15H22Cl2N2O3S. The van der Waals surface area contributed by atoms with E-state index in [1.807, 2.05) is 20.8 Å². The third-order valence-electron chi connectivity index (χ3n) is 3.62. The number of sulfonamides is 1. The number of carbonyl (C=O) groups excluding carboxylic acids is 1. The maximum atomic E-state index is 12.4. The van der Waals surface area contributed by atoms with Gasteiger partial charge in [0.25, 0.3) is 0 Å². The number of anilines is 1. The van der Waals surface area contributed by atoms with Gasteiger partial charge in [0.1, 0.15) is 6.04 Å². The summed E-state index contributed by atoms with van der Waals surface area (Å²) in [6, 6.07) is 3.47. The molecule has 0 saturated heterocycles. The van der Waals surface area contributed by atoms with Crippen LogP contribution in [0.25, 0.3) is 0 Å². The largest absolute Gasteiger partial charge is 0.352 e. The highest BCUT2D eigenvalue weighted by atomic mass is 35.5. The minimum Gasteiger partial charge on any atom is -0.352 e. The molecule has 5 nitrogen and oxygen atoms in total. The molecule has 0 heterocycles. The van der Waals surface area contributed by atoms with Crippen molar-refractivity contribution in [2.45, 2.75) is 39.8 Å². The van der Waals surface area contributed by atoms with Crippen molar-refractivity contribution >= 4 is 44.8 Å². The van der Waals surface area contributed by atoms with Gasteiger partial charge in [-0.25, -0.2) is 8.42 Å². The van der Waals surface area contributed by atoms with Crippen LogP contribution < -0.4 is 9.62 Å². The van der Waals surface area contributed by atoms with Crippen LogP contribution in [0.5, 0.6) is 0 Å². The highest BCUT2D eigenvalue weighted by molar-refractivity contribution is 7.92. The van der Waals surface area contributed by atoms with E-state index in [4.69, 9.17) is 23.2 Å². The van der Waals surface area contributed by atoms with Crippen LogP contribution in [0.2, 0.25) is 10.0 Å². The molecule has 130 valence electrons. The Bertz CT molecular complexity index is 677. The van der Waals surface area contributed by atoms with Crippen LogP contribution in [0.15, 0.2) is 18.2 Å². The van der Waals surface area contributed by atoms with E-state index in [1.54, 1.807) is 0 Å². The van der Waals surface area contributed by atoms with Gasteiger partial charge in [-0.2, -0.15) is 0 Å². The van der Waals surface area contributed by atoms with Gasteiger partial charge >= 0.3 is 0 Å². The second-order valence-corrected chi connectivity index (χ2v) is 8.55. The Morgan fingerprint density at radius 2 is 1.70 bits per heavy atom. The first-order valence-corrected chi connectivity index (χ1v) is 9.80. The van der Waals surface area contributed by atoms with E-state index in [0.29, 0.717) is 10.7 Å². The van der Waals surface area contributed by atoms with Crippen molar-refractivity contribution in [3.63, 3.8) is 0 Å². The Labute approximate surface area is 148 Å². The number of nitrogens with one attached hydrogen (secondary N) is 1. The molecule has 0 bridgehead atoms. The lowest BCUT2D eigenvalue weighted by Crippen LogP contribution is -2.50. The predicted molar refractivity (Wildman–Crippen MR) is 95.7 cm³/mol. The maximum Gasteiger partial charge on any atom is 0.243 e. The summed E-state index contributed by atoms with van der Waals surface area (Å²) in [5, 5.41) is 3.36. The van der Waals surface area contributed by atoms with E-state index in [2.05, 4.69) is 5.32 Å². The Morgan fingerprint density at radius 1 is 1.13 bits per heavy atom. The molecule has 1 rings (SSSR count). The number of rotatable bonds is 6. The minimum absolute atomic E-state index is 0.0693. The second-order valence-electron chi connectivity index (χ2n) is 5.87. The summed E-state index contributed by atoms with van der Waals surface area (Å²) in [5.41, 5.74) is 0.293. The van der Waals surface area contributed by atoms with E-state index in [9.17, 15) is 13.2 Å². The van der Waals surface area contributed by atoms with E-state index in [-0.39, 0.29) is 22.9 Å². The monoisotopic (exact) mass is 380 g/mol. The molecule has 0 unspecified atom stereocenters. The van der Waals surface area contributed by atoms with Crippen LogP contribution >= 0.6 is 23.2 Å². The van der Waals surface area contributed by atoms with Gasteiger partial charge in [-0.05, 0) is 38.0 Å². The van der Waals surface area contributed by atoms with Crippen molar-refractivity contribution in [1.29, 1.82) is 0 Å². The van der Waals surface area contributed by atoms with Crippen molar-refractivity contribution < 1.29 is 13.2 Å². The summed E-state index contributed by atoms with van der Waals surface area (Å²) in [6.45, 7) is 7.36. The molecule has 0 aliphatic rings. The molecule has 0 aliphatic carbocycles. The lowest BCUT2D eigenvalue weighted by Gasteiger charge is -2.30. The molecule has 1 amide bonds. The zero-order valence-electron chi connectivity index (χ0n) is 13.8. The van der Waals surface area contributed by atoms with Gasteiger partial charge in [-0.15, -0.1) is 0 Å². The molecule has 23 heavy (non-hydrogen) atoms. The maximum absolute atomic E-state index is 12.4. The lowest BCUT2D eigenvalue weighted by atomic mass is 10.1. The molecular weight excluding hydrogens is 359 g/mol. The van der Waals surface area contributed by atoms with E-state index in [1.165, 1.54) is 25.1 Å². The molecule has 0 saturated carbocycles. The zero-order chi connectivity index (χ0) is 17.9. The van der Waals surface area contributed by atoms with Crippen LogP contribution in [0.4, 0.5) is 5.69 Å². The zero-order valence-corrected chi connectivity index (χ0v) is 16.1. The number of hydrogen-bond donors (Lipinski definition) is 1. The first-order valence-electron chi connectivity index (χ1n) is 7.20. The van der Waals surface area contributed by atoms with Crippen LogP contribution in [-0.4, -0.2) is 32.7 Å². The second kappa shape index (κ2) is 7.73. The number of hydrogen-bond acceptors (Lipinski definition) is 3. The quantitative estimate of drug-likeness (QED) is 0.822. The van der Waals surface area contributed by atoms with Crippen molar-refractivity contribution in [1.82, 2.24) is 5.32 Å². The van der Waals surface area contributed by atoms with Crippen molar-refractivity contribution in [3.05, 3.63) is 28.2 Å². The number of carbonyl (C=O) groups is 1. The molecule has 1 N–H and O–H groups in total. The standard InChI is InChI=1S/C15H22Cl2N2O3S/c1-9(2)10(3)18-15(20)11(4)19(23(5,21)22)12-6-7-13(16)14(17)8-12/h6-11H,1-5H3,(H,18,20)/t10-,11+/m1/s1. The first-order chi connectivity index (χ1) is 10.4. The Balaban J connectivity index is 3.17. The fourth-order valence-corrected chi connectivity index (χ4v) is 3.40. The normalized spacial score (nSPS) is 14.4. The Kier molecular flexibility index (Phi) is 6.74. The summed E-state index contributed by atoms with van der Waals surface area (Å²) in [4.78, 5) is 12.4. The molecule has 8 heteroatoms. The number of nitrogens with zero attached hydrogens (tertiary/aromatic N) is 1. The highest BCUT2D eigenvalue weighted by Gasteiger charge is 2.30. The molecule has 0 spiro atoms. The van der Waals surface area contributed by atoms with Crippen molar-refractivity contribution in [2.24, 2.45) is 5.92 Å². The van der Waals surface area contributed by atoms with Crippen LogP contribution in [0, 0.1) is 5.92 Å². The molecule has 0 fully saturated rings. The van der Waals surface area contributed by atoms with Gasteiger partial charge in [0.05, 0.1) is 22.0 Å². The average molecular weight is 381 g/mol. The van der Waals surface area contributed by atoms with Crippen molar-refractivity contribution in [2.75, 3.05) is 10.6 Å². The fraction of sp³-hybridized carbons (Fsp3) is 0.533. The topological polar surface area (TPSA) is 66.5 Å². The smallest absolute Gasteiger partial charge is 0.243 e. The molecule has 1 aromatic carbocycles. The van der Waals surface area contributed by atoms with Gasteiger partial charge in [-0.3, -0.25) is 9.10 Å². The summed E-state index contributed by atoms with van der Waals surface area (Å²) < 4.78 is 25.4. The van der Waals surface area contributed by atoms with Gasteiger partial charge < -0.3 is 5.32 Å². The third kappa shape index (κ3) is 5.26. The number of amides is 1. The number of halogens is 2. The van der Waals surface area contributed by atoms with Gasteiger partial charge in [0.15, 0.2) is 0 Å². The number of benzene rings is 1. The minimum atomic E-state index is -3.68. The van der Waals surface area contributed by atoms with Crippen LogP contribution in [-0.2, 0) is 14.8 Å².